The lowest BCUT2D eigenvalue weighted by Gasteiger charge is -2.35. The first kappa shape index (κ1) is 17.3. The fourth-order valence-electron chi connectivity index (χ4n) is 3.07. The van der Waals surface area contributed by atoms with Gasteiger partial charge >= 0.3 is 0 Å². The molecule has 0 spiro atoms. The zero-order valence-corrected chi connectivity index (χ0v) is 15.6. The Kier molecular flexibility index (Phi) is 5.06. The van der Waals surface area contributed by atoms with Gasteiger partial charge in [-0.15, -0.1) is 0 Å². The first-order valence-corrected chi connectivity index (χ1v) is 9.18. The molecule has 0 amide bonds. The van der Waals surface area contributed by atoms with Gasteiger partial charge in [-0.1, -0.05) is 29.3 Å². The van der Waals surface area contributed by atoms with Crippen LogP contribution in [0, 0.1) is 0 Å². The van der Waals surface area contributed by atoms with Gasteiger partial charge in [0.1, 0.15) is 12.1 Å². The molecule has 2 aromatic heterocycles. The molecule has 8 heteroatoms. The van der Waals surface area contributed by atoms with Crippen LogP contribution in [0.15, 0.2) is 49.1 Å². The number of hydrogen-bond acceptors (Lipinski definition) is 5. The average molecular weight is 389 g/mol. The van der Waals surface area contributed by atoms with E-state index < -0.39 is 0 Å². The third kappa shape index (κ3) is 3.82. The molecule has 4 rings (SSSR count). The SMILES string of the molecule is Clc1ccc(CN2CCN(c3cc(-n4cccn4)ncn3)CC2)cc1Cl. The number of piperazine rings is 1. The number of hydrogen-bond donors (Lipinski definition) is 0. The van der Waals surface area contributed by atoms with E-state index in [-0.39, 0.29) is 0 Å². The smallest absolute Gasteiger partial charge is 0.158 e. The van der Waals surface area contributed by atoms with Crippen molar-refractivity contribution in [1.82, 2.24) is 24.6 Å². The highest BCUT2D eigenvalue weighted by atomic mass is 35.5. The van der Waals surface area contributed by atoms with E-state index >= 15 is 0 Å². The third-order valence-electron chi connectivity index (χ3n) is 4.46. The fraction of sp³-hybridized carbons (Fsp3) is 0.278. The summed E-state index contributed by atoms with van der Waals surface area (Å²) >= 11 is 12.1. The van der Waals surface area contributed by atoms with Gasteiger partial charge in [0.05, 0.1) is 10.0 Å². The van der Waals surface area contributed by atoms with E-state index in [4.69, 9.17) is 23.2 Å². The quantitative estimate of drug-likeness (QED) is 0.686. The van der Waals surface area contributed by atoms with E-state index in [9.17, 15) is 0 Å². The lowest BCUT2D eigenvalue weighted by molar-refractivity contribution is 0.249. The van der Waals surface area contributed by atoms with Gasteiger partial charge < -0.3 is 4.90 Å². The molecule has 0 atom stereocenters. The summed E-state index contributed by atoms with van der Waals surface area (Å²) in [4.78, 5) is 13.4. The number of nitrogens with zero attached hydrogens (tertiary/aromatic N) is 6. The van der Waals surface area contributed by atoms with Gasteiger partial charge in [-0.2, -0.15) is 5.10 Å². The number of rotatable bonds is 4. The van der Waals surface area contributed by atoms with Gasteiger partial charge in [0.15, 0.2) is 5.82 Å². The minimum absolute atomic E-state index is 0.594. The maximum absolute atomic E-state index is 6.11. The Labute approximate surface area is 162 Å². The van der Waals surface area contributed by atoms with Crippen LogP contribution in [0.4, 0.5) is 5.82 Å². The normalized spacial score (nSPS) is 15.4. The number of halogens is 2. The molecule has 0 radical (unpaired) electrons. The van der Waals surface area contributed by atoms with Crippen molar-refractivity contribution in [1.29, 1.82) is 0 Å². The second-order valence-electron chi connectivity index (χ2n) is 6.20. The van der Waals surface area contributed by atoms with E-state index in [1.54, 1.807) is 17.2 Å². The molecule has 1 fully saturated rings. The molecule has 0 saturated carbocycles. The maximum atomic E-state index is 6.11. The van der Waals surface area contributed by atoms with Crippen LogP contribution in [-0.4, -0.2) is 50.8 Å². The average Bonchev–Trinajstić information content (AvgIpc) is 3.20. The second kappa shape index (κ2) is 7.61. The summed E-state index contributed by atoms with van der Waals surface area (Å²) in [6, 6.07) is 9.68. The maximum Gasteiger partial charge on any atom is 0.158 e. The summed E-state index contributed by atoms with van der Waals surface area (Å²) in [7, 11) is 0. The molecule has 1 aromatic carbocycles. The van der Waals surface area contributed by atoms with Crippen LogP contribution in [0.1, 0.15) is 5.56 Å². The van der Waals surface area contributed by atoms with Gasteiger partial charge in [-0.3, -0.25) is 4.90 Å². The van der Waals surface area contributed by atoms with Crippen LogP contribution in [0.25, 0.3) is 5.82 Å². The van der Waals surface area contributed by atoms with Crippen molar-refractivity contribution in [2.24, 2.45) is 0 Å². The Hall–Kier alpha value is -2.15. The molecule has 6 nitrogen and oxygen atoms in total. The van der Waals surface area contributed by atoms with Gasteiger partial charge in [-0.25, -0.2) is 14.6 Å². The molecular weight excluding hydrogens is 371 g/mol. The third-order valence-corrected chi connectivity index (χ3v) is 5.20. The molecule has 1 saturated heterocycles. The summed E-state index contributed by atoms with van der Waals surface area (Å²) in [6.45, 7) is 4.61. The highest BCUT2D eigenvalue weighted by Crippen LogP contribution is 2.24. The molecule has 3 heterocycles. The van der Waals surface area contributed by atoms with Crippen LogP contribution in [0.3, 0.4) is 0 Å². The Bertz CT molecular complexity index is 875. The summed E-state index contributed by atoms with van der Waals surface area (Å²) in [6.07, 6.45) is 5.21. The van der Waals surface area contributed by atoms with Gasteiger partial charge in [0, 0.05) is 51.2 Å². The van der Waals surface area contributed by atoms with Crippen molar-refractivity contribution in [3.8, 4) is 5.82 Å². The van der Waals surface area contributed by atoms with Crippen LogP contribution in [0.2, 0.25) is 10.0 Å². The van der Waals surface area contributed by atoms with E-state index in [1.807, 2.05) is 36.5 Å². The summed E-state index contributed by atoms with van der Waals surface area (Å²) in [5, 5.41) is 5.43. The van der Waals surface area contributed by atoms with Crippen molar-refractivity contribution in [3.05, 3.63) is 64.7 Å². The van der Waals surface area contributed by atoms with E-state index in [0.717, 1.165) is 44.4 Å². The summed E-state index contributed by atoms with van der Waals surface area (Å²) in [5.74, 6) is 1.71. The Morgan fingerprint density at radius 2 is 1.73 bits per heavy atom. The van der Waals surface area contributed by atoms with Gasteiger partial charge in [0.2, 0.25) is 0 Å². The summed E-state index contributed by atoms with van der Waals surface area (Å²) in [5.41, 5.74) is 1.18. The van der Waals surface area contributed by atoms with Gasteiger partial charge in [-0.05, 0) is 23.8 Å². The van der Waals surface area contributed by atoms with Crippen LogP contribution in [-0.2, 0) is 6.54 Å². The molecule has 1 aliphatic heterocycles. The van der Waals surface area contributed by atoms with Crippen molar-refractivity contribution >= 4 is 29.0 Å². The predicted molar refractivity (Wildman–Crippen MR) is 103 cm³/mol. The topological polar surface area (TPSA) is 50.1 Å². The van der Waals surface area contributed by atoms with Crippen molar-refractivity contribution in [3.63, 3.8) is 0 Å². The molecule has 26 heavy (non-hydrogen) atoms. The van der Waals surface area contributed by atoms with Crippen molar-refractivity contribution in [2.75, 3.05) is 31.1 Å². The first-order chi connectivity index (χ1) is 12.7. The Morgan fingerprint density at radius 3 is 2.46 bits per heavy atom. The Balaban J connectivity index is 1.39. The van der Waals surface area contributed by atoms with Gasteiger partial charge in [0.25, 0.3) is 0 Å². The van der Waals surface area contributed by atoms with E-state index in [2.05, 4.69) is 24.9 Å². The predicted octanol–water partition coefficient (Wildman–Crippen LogP) is 3.29. The highest BCUT2D eigenvalue weighted by molar-refractivity contribution is 6.42. The number of anilines is 1. The minimum atomic E-state index is 0.594. The first-order valence-electron chi connectivity index (χ1n) is 8.42. The lowest BCUT2D eigenvalue weighted by Crippen LogP contribution is -2.46. The molecule has 134 valence electrons. The second-order valence-corrected chi connectivity index (χ2v) is 7.01. The molecule has 0 bridgehead atoms. The lowest BCUT2D eigenvalue weighted by atomic mass is 10.2. The van der Waals surface area contributed by atoms with Crippen LogP contribution in [0.5, 0.6) is 0 Å². The molecule has 0 N–H and O–H groups in total. The van der Waals surface area contributed by atoms with Crippen molar-refractivity contribution < 1.29 is 0 Å². The molecule has 0 unspecified atom stereocenters. The largest absolute Gasteiger partial charge is 0.354 e. The minimum Gasteiger partial charge on any atom is -0.354 e. The molecule has 0 aliphatic carbocycles. The Morgan fingerprint density at radius 1 is 0.923 bits per heavy atom. The standard InChI is InChI=1S/C18H18Cl2N6/c19-15-3-2-14(10-16(15)20)12-24-6-8-25(9-7-24)17-11-18(22-13-21-17)26-5-1-4-23-26/h1-5,10-11,13H,6-9,12H2. The zero-order valence-electron chi connectivity index (χ0n) is 14.1. The zero-order chi connectivity index (χ0) is 17.9. The van der Waals surface area contributed by atoms with E-state index in [1.165, 1.54) is 5.56 Å². The summed E-state index contributed by atoms with van der Waals surface area (Å²) < 4.78 is 1.74. The molecule has 3 aromatic rings. The number of benzene rings is 1. The van der Waals surface area contributed by atoms with E-state index in [0.29, 0.717) is 10.0 Å². The monoisotopic (exact) mass is 388 g/mol. The van der Waals surface area contributed by atoms with Crippen LogP contribution >= 0.6 is 23.2 Å². The molecule has 1 aliphatic rings. The van der Waals surface area contributed by atoms with Crippen molar-refractivity contribution in [2.45, 2.75) is 6.54 Å². The number of aromatic nitrogens is 4. The molecular formula is C18H18Cl2N6. The van der Waals surface area contributed by atoms with Crippen LogP contribution < -0.4 is 4.90 Å². The fourth-order valence-corrected chi connectivity index (χ4v) is 3.39. The highest BCUT2D eigenvalue weighted by Gasteiger charge is 2.19.